The summed E-state index contributed by atoms with van der Waals surface area (Å²) >= 11 is 0. The Hall–Kier alpha value is -2.05. The fourth-order valence-electron chi connectivity index (χ4n) is 1.99. The van der Waals surface area contributed by atoms with Crippen LogP contribution in [0.5, 0.6) is 0 Å². The molecule has 0 aliphatic carbocycles. The summed E-state index contributed by atoms with van der Waals surface area (Å²) in [5, 5.41) is 11.3. The van der Waals surface area contributed by atoms with Gasteiger partial charge in [-0.2, -0.15) is 0 Å². The second-order valence-corrected chi connectivity index (χ2v) is 4.64. The molecule has 0 radical (unpaired) electrons. The van der Waals surface area contributed by atoms with E-state index in [1.54, 1.807) is 4.68 Å². The van der Waals surface area contributed by atoms with Crippen LogP contribution >= 0.6 is 0 Å². The highest BCUT2D eigenvalue weighted by molar-refractivity contribution is 5.71. The van der Waals surface area contributed by atoms with Crippen molar-refractivity contribution in [1.82, 2.24) is 20.2 Å². The molecule has 5 nitrogen and oxygen atoms in total. The zero-order valence-electron chi connectivity index (χ0n) is 11.3. The van der Waals surface area contributed by atoms with Crippen LogP contribution in [0.25, 0.3) is 11.4 Å². The summed E-state index contributed by atoms with van der Waals surface area (Å²) < 4.78 is 28.0. The molecule has 2 N–H and O–H groups in total. The molecule has 0 atom stereocenters. The number of hydrogen-bond donors (Lipinski definition) is 1. The van der Waals surface area contributed by atoms with E-state index in [-0.39, 0.29) is 5.69 Å². The SMILES string of the molecule is CCCCCCn1nnnc1-c1cc(F)c(F)cc1N. The van der Waals surface area contributed by atoms with E-state index in [4.69, 9.17) is 5.73 Å². The lowest BCUT2D eigenvalue weighted by Gasteiger charge is -2.07. The van der Waals surface area contributed by atoms with E-state index in [1.165, 1.54) is 0 Å². The normalized spacial score (nSPS) is 10.9. The molecular formula is C13H17F2N5. The molecule has 20 heavy (non-hydrogen) atoms. The lowest BCUT2D eigenvalue weighted by Crippen LogP contribution is -2.05. The van der Waals surface area contributed by atoms with E-state index in [2.05, 4.69) is 22.4 Å². The zero-order valence-corrected chi connectivity index (χ0v) is 11.3. The predicted octanol–water partition coefficient (Wildman–Crippen LogP) is 2.78. The van der Waals surface area contributed by atoms with Gasteiger partial charge in [0.2, 0.25) is 0 Å². The van der Waals surface area contributed by atoms with E-state index in [0.717, 1.165) is 37.8 Å². The maximum Gasteiger partial charge on any atom is 0.184 e. The summed E-state index contributed by atoms with van der Waals surface area (Å²) in [5.41, 5.74) is 6.14. The second-order valence-electron chi connectivity index (χ2n) is 4.64. The first-order valence-corrected chi connectivity index (χ1v) is 6.64. The number of nitrogen functional groups attached to an aromatic ring is 1. The quantitative estimate of drug-likeness (QED) is 0.653. The molecule has 0 saturated carbocycles. The van der Waals surface area contributed by atoms with Crippen molar-refractivity contribution in [3.63, 3.8) is 0 Å². The summed E-state index contributed by atoms with van der Waals surface area (Å²) in [7, 11) is 0. The first kappa shape index (κ1) is 14.4. The molecule has 0 bridgehead atoms. The topological polar surface area (TPSA) is 69.6 Å². The molecule has 1 aromatic heterocycles. The first-order chi connectivity index (χ1) is 9.63. The van der Waals surface area contributed by atoms with Gasteiger partial charge in [-0.05, 0) is 22.9 Å². The zero-order chi connectivity index (χ0) is 14.5. The first-order valence-electron chi connectivity index (χ1n) is 6.64. The average molecular weight is 281 g/mol. The van der Waals surface area contributed by atoms with Gasteiger partial charge < -0.3 is 5.73 Å². The van der Waals surface area contributed by atoms with E-state index >= 15 is 0 Å². The van der Waals surface area contributed by atoms with Crippen LogP contribution in [0.1, 0.15) is 32.6 Å². The summed E-state index contributed by atoms with van der Waals surface area (Å²) in [6, 6.07) is 1.97. The van der Waals surface area contributed by atoms with Crippen molar-refractivity contribution in [3.05, 3.63) is 23.8 Å². The molecule has 2 rings (SSSR count). The molecule has 0 saturated heterocycles. The molecule has 7 heteroatoms. The summed E-state index contributed by atoms with van der Waals surface area (Å²) in [5.74, 6) is -1.58. The Bertz CT molecular complexity index is 582. The highest BCUT2D eigenvalue weighted by atomic mass is 19.2. The fraction of sp³-hybridized carbons (Fsp3) is 0.462. The van der Waals surface area contributed by atoms with Crippen molar-refractivity contribution < 1.29 is 8.78 Å². The van der Waals surface area contributed by atoms with E-state index < -0.39 is 11.6 Å². The second kappa shape index (κ2) is 6.40. The molecule has 0 fully saturated rings. The van der Waals surface area contributed by atoms with E-state index in [1.807, 2.05) is 0 Å². The number of nitrogens with two attached hydrogens (primary N) is 1. The molecule has 0 aliphatic heterocycles. The number of aryl methyl sites for hydroxylation is 1. The van der Waals surface area contributed by atoms with Crippen LogP contribution < -0.4 is 5.73 Å². The monoisotopic (exact) mass is 281 g/mol. The van der Waals surface area contributed by atoms with Gasteiger partial charge in [-0.3, -0.25) is 0 Å². The number of unbranched alkanes of at least 4 members (excludes halogenated alkanes) is 3. The largest absolute Gasteiger partial charge is 0.398 e. The van der Waals surface area contributed by atoms with Crippen LogP contribution in [-0.2, 0) is 6.54 Å². The fourth-order valence-corrected chi connectivity index (χ4v) is 1.99. The average Bonchev–Trinajstić information content (AvgIpc) is 2.87. The highest BCUT2D eigenvalue weighted by Crippen LogP contribution is 2.26. The predicted molar refractivity (Wildman–Crippen MR) is 71.7 cm³/mol. The summed E-state index contributed by atoms with van der Waals surface area (Å²) in [6.07, 6.45) is 4.28. The van der Waals surface area contributed by atoms with Crippen LogP contribution in [0.4, 0.5) is 14.5 Å². The number of tetrazole rings is 1. The number of nitrogens with zero attached hydrogens (tertiary/aromatic N) is 4. The van der Waals surface area contributed by atoms with Crippen LogP contribution in [0.3, 0.4) is 0 Å². The van der Waals surface area contributed by atoms with Crippen molar-refractivity contribution in [2.24, 2.45) is 0 Å². The van der Waals surface area contributed by atoms with E-state index in [9.17, 15) is 8.78 Å². The minimum Gasteiger partial charge on any atom is -0.398 e. The van der Waals surface area contributed by atoms with Crippen molar-refractivity contribution in [2.45, 2.75) is 39.2 Å². The van der Waals surface area contributed by atoms with Gasteiger partial charge in [-0.25, -0.2) is 13.5 Å². The van der Waals surface area contributed by atoms with Crippen molar-refractivity contribution >= 4 is 5.69 Å². The van der Waals surface area contributed by atoms with Gasteiger partial charge in [0, 0.05) is 23.9 Å². The number of anilines is 1. The number of halogens is 2. The van der Waals surface area contributed by atoms with Gasteiger partial charge in [0.15, 0.2) is 17.5 Å². The number of hydrogen-bond acceptors (Lipinski definition) is 4. The molecule has 1 heterocycles. The summed E-state index contributed by atoms with van der Waals surface area (Å²) in [6.45, 7) is 2.76. The van der Waals surface area contributed by atoms with Crippen LogP contribution in [0.15, 0.2) is 12.1 Å². The van der Waals surface area contributed by atoms with Crippen molar-refractivity contribution in [2.75, 3.05) is 5.73 Å². The molecule has 0 spiro atoms. The Labute approximate surface area is 115 Å². The standard InChI is InChI=1S/C13H17F2N5/c1-2-3-4-5-6-20-13(17-18-19-20)9-7-10(14)11(15)8-12(9)16/h7-8H,2-6,16H2,1H3. The van der Waals surface area contributed by atoms with Gasteiger partial charge in [0.05, 0.1) is 0 Å². The lowest BCUT2D eigenvalue weighted by atomic mass is 10.1. The van der Waals surface area contributed by atoms with Crippen LogP contribution in [0.2, 0.25) is 0 Å². The third-order valence-electron chi connectivity index (χ3n) is 3.09. The lowest BCUT2D eigenvalue weighted by molar-refractivity contribution is 0.508. The molecule has 2 aromatic rings. The molecule has 1 aromatic carbocycles. The molecule has 0 unspecified atom stereocenters. The van der Waals surface area contributed by atoms with Crippen LogP contribution in [0, 0.1) is 11.6 Å². The van der Waals surface area contributed by atoms with Crippen molar-refractivity contribution in [1.29, 1.82) is 0 Å². The Morgan fingerprint density at radius 1 is 1.15 bits per heavy atom. The van der Waals surface area contributed by atoms with Gasteiger partial charge in [-0.15, -0.1) is 5.10 Å². The van der Waals surface area contributed by atoms with Crippen LogP contribution in [-0.4, -0.2) is 20.2 Å². The third-order valence-corrected chi connectivity index (χ3v) is 3.09. The maximum atomic E-state index is 13.3. The Kier molecular flexibility index (Phi) is 4.60. The Balaban J connectivity index is 2.21. The smallest absolute Gasteiger partial charge is 0.184 e. The van der Waals surface area contributed by atoms with Gasteiger partial charge in [-0.1, -0.05) is 26.2 Å². The number of rotatable bonds is 6. The minimum atomic E-state index is -0.978. The number of aromatic nitrogens is 4. The molecule has 108 valence electrons. The minimum absolute atomic E-state index is 0.119. The maximum absolute atomic E-state index is 13.3. The number of benzene rings is 1. The molecule has 0 amide bonds. The summed E-state index contributed by atoms with van der Waals surface area (Å²) in [4.78, 5) is 0. The van der Waals surface area contributed by atoms with E-state index in [0.29, 0.717) is 17.9 Å². The Morgan fingerprint density at radius 3 is 2.65 bits per heavy atom. The molecular weight excluding hydrogens is 264 g/mol. The van der Waals surface area contributed by atoms with Gasteiger partial charge in [0.1, 0.15) is 0 Å². The van der Waals surface area contributed by atoms with Gasteiger partial charge >= 0.3 is 0 Å². The molecule has 0 aliphatic rings. The van der Waals surface area contributed by atoms with Crippen molar-refractivity contribution in [3.8, 4) is 11.4 Å². The van der Waals surface area contributed by atoms with Gasteiger partial charge in [0.25, 0.3) is 0 Å². The third kappa shape index (κ3) is 3.09. The highest BCUT2D eigenvalue weighted by Gasteiger charge is 2.15. The Morgan fingerprint density at radius 2 is 1.90 bits per heavy atom.